The van der Waals surface area contributed by atoms with E-state index in [1.807, 2.05) is 31.0 Å². The molecule has 0 atom stereocenters. The molecule has 0 radical (unpaired) electrons. The molecule has 0 bridgehead atoms. The highest BCUT2D eigenvalue weighted by Gasteiger charge is 2.04. The molecule has 5 nitrogen and oxygen atoms in total. The molecule has 0 aromatic carbocycles. The van der Waals surface area contributed by atoms with Crippen LogP contribution in [0.1, 0.15) is 12.6 Å². The molecule has 0 spiro atoms. The maximum Gasteiger partial charge on any atom is 0.188 e. The molecular formula is C9H14N4O. The molecule has 0 unspecified atom stereocenters. The molecule has 0 saturated heterocycles. The van der Waals surface area contributed by atoms with Gasteiger partial charge >= 0.3 is 0 Å². The first-order valence-electron chi connectivity index (χ1n) is 4.35. The Morgan fingerprint density at radius 2 is 2.36 bits per heavy atom. The minimum absolute atomic E-state index is 0.0244. The van der Waals surface area contributed by atoms with Gasteiger partial charge in [-0.2, -0.15) is 0 Å². The van der Waals surface area contributed by atoms with Gasteiger partial charge in [0.1, 0.15) is 11.5 Å². The Morgan fingerprint density at radius 1 is 1.64 bits per heavy atom. The van der Waals surface area contributed by atoms with Crippen molar-refractivity contribution in [3.05, 3.63) is 23.9 Å². The Labute approximate surface area is 82.9 Å². The Morgan fingerprint density at radius 3 is 2.93 bits per heavy atom. The zero-order valence-electron chi connectivity index (χ0n) is 8.31. The summed E-state index contributed by atoms with van der Waals surface area (Å²) in [6.07, 6.45) is 0. The SMILES string of the molecule is CCN(C)c1cccc(C(N)=NO)n1. The Kier molecular flexibility index (Phi) is 3.28. The number of nitrogens with two attached hydrogens (primary N) is 1. The molecule has 3 N–H and O–H groups in total. The number of hydrogen-bond donors (Lipinski definition) is 2. The highest BCUT2D eigenvalue weighted by molar-refractivity contribution is 5.95. The smallest absolute Gasteiger partial charge is 0.188 e. The summed E-state index contributed by atoms with van der Waals surface area (Å²) in [6.45, 7) is 2.88. The van der Waals surface area contributed by atoms with E-state index in [-0.39, 0.29) is 5.84 Å². The number of aromatic nitrogens is 1. The molecule has 1 aromatic heterocycles. The lowest BCUT2D eigenvalue weighted by atomic mass is 10.3. The predicted molar refractivity (Wildman–Crippen MR) is 55.7 cm³/mol. The molecule has 0 aliphatic heterocycles. The maximum absolute atomic E-state index is 8.48. The number of amidine groups is 1. The van der Waals surface area contributed by atoms with E-state index in [4.69, 9.17) is 10.9 Å². The van der Waals surface area contributed by atoms with Crippen LogP contribution in [0.25, 0.3) is 0 Å². The minimum Gasteiger partial charge on any atom is -0.409 e. The molecule has 76 valence electrons. The quantitative estimate of drug-likeness (QED) is 0.320. The molecular weight excluding hydrogens is 180 g/mol. The average molecular weight is 194 g/mol. The number of anilines is 1. The molecule has 14 heavy (non-hydrogen) atoms. The van der Waals surface area contributed by atoms with Gasteiger partial charge in [-0.15, -0.1) is 0 Å². The van der Waals surface area contributed by atoms with Gasteiger partial charge in [-0.3, -0.25) is 0 Å². The second kappa shape index (κ2) is 4.45. The van der Waals surface area contributed by atoms with Crippen LogP contribution in [0.4, 0.5) is 5.82 Å². The van der Waals surface area contributed by atoms with Crippen molar-refractivity contribution >= 4 is 11.7 Å². The summed E-state index contributed by atoms with van der Waals surface area (Å²) in [5, 5.41) is 11.4. The molecule has 0 fully saturated rings. The average Bonchev–Trinajstić information content (AvgIpc) is 2.27. The minimum atomic E-state index is 0.0244. The lowest BCUT2D eigenvalue weighted by molar-refractivity contribution is 0.318. The van der Waals surface area contributed by atoms with Crippen LogP contribution >= 0.6 is 0 Å². The first-order chi connectivity index (χ1) is 6.69. The van der Waals surface area contributed by atoms with E-state index in [0.29, 0.717) is 5.69 Å². The van der Waals surface area contributed by atoms with Gasteiger partial charge in [-0.05, 0) is 19.1 Å². The van der Waals surface area contributed by atoms with Crippen molar-refractivity contribution < 1.29 is 5.21 Å². The van der Waals surface area contributed by atoms with Crippen molar-refractivity contribution in [2.45, 2.75) is 6.92 Å². The van der Waals surface area contributed by atoms with E-state index in [1.165, 1.54) is 0 Å². The van der Waals surface area contributed by atoms with Gasteiger partial charge in [-0.1, -0.05) is 11.2 Å². The fourth-order valence-corrected chi connectivity index (χ4v) is 0.992. The zero-order valence-corrected chi connectivity index (χ0v) is 8.31. The first kappa shape index (κ1) is 10.3. The normalized spacial score (nSPS) is 11.4. The lowest BCUT2D eigenvalue weighted by Crippen LogP contribution is -2.20. The molecule has 0 amide bonds. The van der Waals surface area contributed by atoms with Crippen molar-refractivity contribution in [1.29, 1.82) is 0 Å². The fourth-order valence-electron chi connectivity index (χ4n) is 0.992. The highest BCUT2D eigenvalue weighted by atomic mass is 16.4. The number of rotatable bonds is 3. The van der Waals surface area contributed by atoms with E-state index < -0.39 is 0 Å². The summed E-state index contributed by atoms with van der Waals surface area (Å²) in [5.74, 6) is 0.827. The van der Waals surface area contributed by atoms with Gasteiger partial charge < -0.3 is 15.8 Å². The van der Waals surface area contributed by atoms with Crippen molar-refractivity contribution in [1.82, 2.24) is 4.98 Å². The lowest BCUT2D eigenvalue weighted by Gasteiger charge is -2.15. The predicted octanol–water partition coefficient (Wildman–Crippen LogP) is 0.632. The summed E-state index contributed by atoms with van der Waals surface area (Å²) in [5.41, 5.74) is 5.90. The third-order valence-corrected chi connectivity index (χ3v) is 1.97. The topological polar surface area (TPSA) is 74.7 Å². The van der Waals surface area contributed by atoms with Gasteiger partial charge in [0, 0.05) is 13.6 Å². The van der Waals surface area contributed by atoms with Crippen molar-refractivity contribution in [2.75, 3.05) is 18.5 Å². The van der Waals surface area contributed by atoms with E-state index in [0.717, 1.165) is 12.4 Å². The van der Waals surface area contributed by atoms with Crippen LogP contribution in [0, 0.1) is 0 Å². The van der Waals surface area contributed by atoms with E-state index >= 15 is 0 Å². The van der Waals surface area contributed by atoms with Crippen molar-refractivity contribution in [3.63, 3.8) is 0 Å². The molecule has 5 heteroatoms. The number of hydrogen-bond acceptors (Lipinski definition) is 4. The van der Waals surface area contributed by atoms with Gasteiger partial charge in [0.15, 0.2) is 5.84 Å². The van der Waals surface area contributed by atoms with Crippen LogP contribution < -0.4 is 10.6 Å². The second-order valence-corrected chi connectivity index (χ2v) is 2.88. The van der Waals surface area contributed by atoms with Crippen LogP contribution in [0.5, 0.6) is 0 Å². The van der Waals surface area contributed by atoms with Gasteiger partial charge in [0.25, 0.3) is 0 Å². The van der Waals surface area contributed by atoms with Crippen LogP contribution in [0.2, 0.25) is 0 Å². The molecule has 0 aliphatic carbocycles. The number of oxime groups is 1. The Hall–Kier alpha value is -1.78. The molecule has 1 rings (SSSR count). The Bertz CT molecular complexity index is 337. The Balaban J connectivity index is 3.01. The molecule has 0 aliphatic rings. The maximum atomic E-state index is 8.48. The van der Waals surface area contributed by atoms with Gasteiger partial charge in [0.05, 0.1) is 0 Å². The van der Waals surface area contributed by atoms with Crippen LogP contribution in [0.3, 0.4) is 0 Å². The summed E-state index contributed by atoms with van der Waals surface area (Å²) < 4.78 is 0. The first-order valence-corrected chi connectivity index (χ1v) is 4.35. The number of pyridine rings is 1. The monoisotopic (exact) mass is 194 g/mol. The summed E-state index contributed by atoms with van der Waals surface area (Å²) in [4.78, 5) is 6.19. The molecule has 1 heterocycles. The largest absolute Gasteiger partial charge is 0.409 e. The molecule has 0 saturated carbocycles. The fraction of sp³-hybridized carbons (Fsp3) is 0.333. The van der Waals surface area contributed by atoms with Crippen LogP contribution in [0.15, 0.2) is 23.4 Å². The summed E-state index contributed by atoms with van der Waals surface area (Å²) in [7, 11) is 1.93. The summed E-state index contributed by atoms with van der Waals surface area (Å²) >= 11 is 0. The van der Waals surface area contributed by atoms with Crippen molar-refractivity contribution in [2.24, 2.45) is 10.9 Å². The highest BCUT2D eigenvalue weighted by Crippen LogP contribution is 2.08. The van der Waals surface area contributed by atoms with Gasteiger partial charge in [0.2, 0.25) is 0 Å². The standard InChI is InChI=1S/C9H14N4O/c1-3-13(2)8-6-4-5-7(11-8)9(10)12-14/h4-6,14H,3H2,1-2H3,(H2,10,12). The second-order valence-electron chi connectivity index (χ2n) is 2.88. The van der Waals surface area contributed by atoms with E-state index in [9.17, 15) is 0 Å². The number of nitrogens with zero attached hydrogens (tertiary/aromatic N) is 3. The summed E-state index contributed by atoms with van der Waals surface area (Å²) in [6, 6.07) is 5.39. The van der Waals surface area contributed by atoms with Crippen LogP contribution in [-0.2, 0) is 0 Å². The van der Waals surface area contributed by atoms with Gasteiger partial charge in [-0.25, -0.2) is 4.98 Å². The third-order valence-electron chi connectivity index (χ3n) is 1.97. The van der Waals surface area contributed by atoms with E-state index in [1.54, 1.807) is 6.07 Å². The van der Waals surface area contributed by atoms with Crippen LogP contribution in [-0.4, -0.2) is 29.6 Å². The molecule has 1 aromatic rings. The third kappa shape index (κ3) is 2.12. The van der Waals surface area contributed by atoms with E-state index in [2.05, 4.69) is 10.1 Å². The zero-order chi connectivity index (χ0) is 10.6. The van der Waals surface area contributed by atoms with Crippen molar-refractivity contribution in [3.8, 4) is 0 Å².